The second kappa shape index (κ2) is 5.32. The minimum absolute atomic E-state index is 0.598. The van der Waals surface area contributed by atoms with Crippen LogP contribution in [-0.2, 0) is 6.42 Å². The molecule has 0 saturated carbocycles. The number of nitrogens with zero attached hydrogens (tertiary/aromatic N) is 1. The summed E-state index contributed by atoms with van der Waals surface area (Å²) < 4.78 is 5.98. The highest BCUT2D eigenvalue weighted by Crippen LogP contribution is 2.21. The largest absolute Gasteiger partial charge is 0.494 e. The first-order valence-corrected chi connectivity index (χ1v) is 6.29. The number of hydrogen-bond donors (Lipinski definition) is 0. The fraction of sp³-hybridized carbons (Fsp3) is 0.250. The van der Waals surface area contributed by atoms with E-state index in [1.165, 1.54) is 21.8 Å². The van der Waals surface area contributed by atoms with Gasteiger partial charge in [0.25, 0.3) is 0 Å². The number of thiazole rings is 1. The van der Waals surface area contributed by atoms with Crippen LogP contribution in [0.1, 0.15) is 17.4 Å². The topological polar surface area (TPSA) is 22.1 Å². The van der Waals surface area contributed by atoms with Gasteiger partial charge in [0.1, 0.15) is 5.75 Å². The van der Waals surface area contributed by atoms with Crippen molar-refractivity contribution in [3.05, 3.63) is 45.4 Å². The Labute approximate surface area is 104 Å². The summed E-state index contributed by atoms with van der Waals surface area (Å²) in [6.07, 6.45) is 2.69. The number of rotatable bonds is 4. The van der Waals surface area contributed by atoms with E-state index in [0.29, 0.717) is 11.1 Å². The molecule has 0 atom stereocenters. The summed E-state index contributed by atoms with van der Waals surface area (Å²) in [5.41, 5.74) is 1.24. The predicted octanol–water partition coefficient (Wildman–Crippen LogP) is 3.79. The first-order chi connectivity index (χ1) is 7.78. The molecule has 1 aromatic heterocycles. The van der Waals surface area contributed by atoms with Crippen molar-refractivity contribution in [3.8, 4) is 5.75 Å². The van der Waals surface area contributed by atoms with Gasteiger partial charge in [0.2, 0.25) is 0 Å². The van der Waals surface area contributed by atoms with Crippen molar-refractivity contribution in [2.24, 2.45) is 0 Å². The molecule has 0 unspecified atom stereocenters. The molecule has 0 aliphatic carbocycles. The van der Waals surface area contributed by atoms with Crippen LogP contribution in [0, 0.1) is 0 Å². The molecule has 0 amide bonds. The molecule has 0 aliphatic heterocycles. The highest BCUT2D eigenvalue weighted by Gasteiger charge is 2.01. The zero-order valence-electron chi connectivity index (χ0n) is 8.94. The van der Waals surface area contributed by atoms with Gasteiger partial charge >= 0.3 is 0 Å². The Kier molecular flexibility index (Phi) is 3.80. The summed E-state index contributed by atoms with van der Waals surface area (Å²) in [5, 5.41) is 0. The number of halogens is 1. The van der Waals surface area contributed by atoms with E-state index in [-0.39, 0.29) is 0 Å². The maximum absolute atomic E-state index is 5.78. The molecule has 2 nitrogen and oxygen atoms in total. The maximum Gasteiger partial charge on any atom is 0.183 e. The average molecular weight is 254 g/mol. The lowest BCUT2D eigenvalue weighted by atomic mass is 10.1. The first kappa shape index (κ1) is 11.4. The third kappa shape index (κ3) is 2.97. The molecule has 84 valence electrons. The van der Waals surface area contributed by atoms with E-state index < -0.39 is 0 Å². The van der Waals surface area contributed by atoms with Crippen molar-refractivity contribution in [3.63, 3.8) is 0 Å². The van der Waals surface area contributed by atoms with Crippen LogP contribution in [0.2, 0.25) is 4.47 Å². The number of ether oxygens (including phenoxy) is 1. The van der Waals surface area contributed by atoms with Crippen LogP contribution in [0.15, 0.2) is 30.5 Å². The van der Waals surface area contributed by atoms with Gasteiger partial charge in [-0.15, -0.1) is 11.3 Å². The van der Waals surface area contributed by atoms with Gasteiger partial charge in [-0.3, -0.25) is 0 Å². The zero-order chi connectivity index (χ0) is 11.4. The molecule has 2 aromatic rings. The molecular formula is C12H12ClNOS. The Hall–Kier alpha value is -1.06. The van der Waals surface area contributed by atoms with Crippen LogP contribution in [-0.4, -0.2) is 11.6 Å². The standard InChI is InChI=1S/C12H12ClNOS/c1-2-15-10-5-3-9(4-6-10)7-11-8-14-12(13)16-11/h3-6,8H,2,7H2,1H3. The lowest BCUT2D eigenvalue weighted by molar-refractivity contribution is 0.340. The Morgan fingerprint density at radius 2 is 2.06 bits per heavy atom. The van der Waals surface area contributed by atoms with E-state index in [9.17, 15) is 0 Å². The summed E-state index contributed by atoms with van der Waals surface area (Å²) in [5.74, 6) is 0.911. The number of hydrogen-bond acceptors (Lipinski definition) is 3. The third-order valence-electron chi connectivity index (χ3n) is 2.14. The van der Waals surface area contributed by atoms with Gasteiger partial charge in [0.15, 0.2) is 4.47 Å². The van der Waals surface area contributed by atoms with Gasteiger partial charge in [0.05, 0.1) is 6.61 Å². The zero-order valence-corrected chi connectivity index (χ0v) is 10.5. The van der Waals surface area contributed by atoms with Gasteiger partial charge in [-0.25, -0.2) is 4.98 Å². The molecule has 2 rings (SSSR count). The smallest absolute Gasteiger partial charge is 0.183 e. The van der Waals surface area contributed by atoms with Crippen LogP contribution < -0.4 is 4.74 Å². The summed E-state index contributed by atoms with van der Waals surface area (Å²) in [6, 6.07) is 8.11. The Morgan fingerprint density at radius 3 is 2.62 bits per heavy atom. The van der Waals surface area contributed by atoms with E-state index in [0.717, 1.165) is 12.2 Å². The van der Waals surface area contributed by atoms with Crippen molar-refractivity contribution in [2.75, 3.05) is 6.61 Å². The fourth-order valence-corrected chi connectivity index (χ4v) is 2.45. The van der Waals surface area contributed by atoms with Crippen molar-refractivity contribution < 1.29 is 4.74 Å². The second-order valence-electron chi connectivity index (χ2n) is 3.33. The number of aromatic nitrogens is 1. The number of benzene rings is 1. The predicted molar refractivity (Wildman–Crippen MR) is 67.5 cm³/mol. The Morgan fingerprint density at radius 1 is 1.31 bits per heavy atom. The highest BCUT2D eigenvalue weighted by molar-refractivity contribution is 7.15. The highest BCUT2D eigenvalue weighted by atomic mass is 35.5. The van der Waals surface area contributed by atoms with E-state index in [4.69, 9.17) is 16.3 Å². The minimum atomic E-state index is 0.598. The molecule has 0 aliphatic rings. The molecule has 1 heterocycles. The van der Waals surface area contributed by atoms with Gasteiger partial charge in [-0.2, -0.15) is 0 Å². The van der Waals surface area contributed by atoms with Gasteiger partial charge in [0, 0.05) is 17.5 Å². The second-order valence-corrected chi connectivity index (χ2v) is 5.03. The quantitative estimate of drug-likeness (QED) is 0.827. The van der Waals surface area contributed by atoms with Crippen LogP contribution in [0.3, 0.4) is 0 Å². The monoisotopic (exact) mass is 253 g/mol. The molecule has 0 N–H and O–H groups in total. The normalized spacial score (nSPS) is 10.4. The summed E-state index contributed by atoms with van der Waals surface area (Å²) in [7, 11) is 0. The third-order valence-corrected chi connectivity index (χ3v) is 3.25. The van der Waals surface area contributed by atoms with Crippen LogP contribution in [0.25, 0.3) is 0 Å². The van der Waals surface area contributed by atoms with Crippen molar-refractivity contribution >= 4 is 22.9 Å². The minimum Gasteiger partial charge on any atom is -0.494 e. The van der Waals surface area contributed by atoms with E-state index in [1.807, 2.05) is 25.3 Å². The van der Waals surface area contributed by atoms with E-state index >= 15 is 0 Å². The lowest BCUT2D eigenvalue weighted by Gasteiger charge is -2.03. The van der Waals surface area contributed by atoms with Crippen molar-refractivity contribution in [1.82, 2.24) is 4.98 Å². The molecule has 0 bridgehead atoms. The Balaban J connectivity index is 2.05. The molecule has 0 saturated heterocycles. The van der Waals surface area contributed by atoms with Crippen molar-refractivity contribution in [1.29, 1.82) is 0 Å². The summed E-state index contributed by atoms with van der Waals surface area (Å²) in [6.45, 7) is 2.68. The van der Waals surface area contributed by atoms with E-state index in [2.05, 4.69) is 17.1 Å². The van der Waals surface area contributed by atoms with Crippen LogP contribution >= 0.6 is 22.9 Å². The van der Waals surface area contributed by atoms with Gasteiger partial charge in [-0.1, -0.05) is 23.7 Å². The Bertz CT molecular complexity index is 452. The molecule has 16 heavy (non-hydrogen) atoms. The lowest BCUT2D eigenvalue weighted by Crippen LogP contribution is -1.91. The van der Waals surface area contributed by atoms with Crippen molar-refractivity contribution in [2.45, 2.75) is 13.3 Å². The van der Waals surface area contributed by atoms with Gasteiger partial charge in [-0.05, 0) is 24.6 Å². The summed E-state index contributed by atoms with van der Waals surface area (Å²) >= 11 is 7.30. The molecule has 4 heteroatoms. The fourth-order valence-electron chi connectivity index (χ4n) is 1.44. The summed E-state index contributed by atoms with van der Waals surface area (Å²) in [4.78, 5) is 5.19. The molecule has 0 fully saturated rings. The van der Waals surface area contributed by atoms with Gasteiger partial charge < -0.3 is 4.74 Å². The molecule has 1 aromatic carbocycles. The first-order valence-electron chi connectivity index (χ1n) is 5.10. The SMILES string of the molecule is CCOc1ccc(Cc2cnc(Cl)s2)cc1. The van der Waals surface area contributed by atoms with Crippen LogP contribution in [0.5, 0.6) is 5.75 Å². The average Bonchev–Trinajstić information content (AvgIpc) is 2.67. The molecule has 0 radical (unpaired) electrons. The molecular weight excluding hydrogens is 242 g/mol. The molecule has 0 spiro atoms. The maximum atomic E-state index is 5.78. The van der Waals surface area contributed by atoms with E-state index in [1.54, 1.807) is 0 Å². The van der Waals surface area contributed by atoms with Crippen LogP contribution in [0.4, 0.5) is 0 Å².